The van der Waals surface area contributed by atoms with Crippen LogP contribution in [0.2, 0.25) is 0 Å². The van der Waals surface area contributed by atoms with Crippen LogP contribution in [-0.2, 0) is 16.0 Å². The molecular formula is C45H44FN3O5. The summed E-state index contributed by atoms with van der Waals surface area (Å²) in [4.78, 5) is 30.5. The number of benzene rings is 5. The van der Waals surface area contributed by atoms with Gasteiger partial charge in [0.05, 0.1) is 17.4 Å². The van der Waals surface area contributed by atoms with Gasteiger partial charge in [-0.3, -0.25) is 15.0 Å². The van der Waals surface area contributed by atoms with Crippen molar-refractivity contribution in [2.75, 3.05) is 44.7 Å². The molecule has 0 spiro atoms. The number of hydrogen-bond donors (Lipinski definition) is 0. The number of carbonyl (C=O) groups excluding carboxylic acids is 1. The van der Waals surface area contributed by atoms with E-state index in [-0.39, 0.29) is 17.3 Å². The number of piperazine rings is 1. The van der Waals surface area contributed by atoms with Crippen LogP contribution in [0.3, 0.4) is 0 Å². The van der Waals surface area contributed by atoms with Crippen molar-refractivity contribution in [2.45, 2.75) is 51.0 Å². The number of halogens is 1. The summed E-state index contributed by atoms with van der Waals surface area (Å²) >= 11 is 0. The Kier molecular flexibility index (Phi) is 10.1. The van der Waals surface area contributed by atoms with E-state index < -0.39 is 17.0 Å². The molecule has 3 aliphatic rings. The standard InChI is InChI=1S/C45H44FN3O5/c1-53-45(50)42(12-6-7-23-47-24-26-48(27-25-47)35-19-17-34(46)18-20-35)54-44-41(29-32-9-3-5-11-37(32)43(44)49(51)52)33-14-13-31-16-21-38-36-10-4-2-8-30(36)15-22-39(38)40(31)28-33/h3-5,9-11,13-14,16-21,28-29,42H,2,6-8,12,15,22-27H2,1H3. The Morgan fingerprint density at radius 3 is 2.46 bits per heavy atom. The van der Waals surface area contributed by atoms with Crippen LogP contribution >= 0.6 is 0 Å². The highest BCUT2D eigenvalue weighted by molar-refractivity contribution is 6.02. The first-order chi connectivity index (χ1) is 26.4. The van der Waals surface area contributed by atoms with Crippen molar-refractivity contribution in [1.82, 2.24) is 4.90 Å². The highest BCUT2D eigenvalue weighted by Crippen LogP contribution is 2.46. The van der Waals surface area contributed by atoms with E-state index in [1.807, 2.05) is 36.4 Å². The number of nitro benzene ring substituents is 1. The highest BCUT2D eigenvalue weighted by Gasteiger charge is 2.31. The monoisotopic (exact) mass is 725 g/mol. The fourth-order valence-corrected chi connectivity index (χ4v) is 8.47. The Balaban J connectivity index is 1.07. The fraction of sp³-hybridized carbons (Fsp3) is 0.311. The molecule has 1 aliphatic heterocycles. The third kappa shape index (κ3) is 7.08. The second-order valence-electron chi connectivity index (χ2n) is 14.5. The SMILES string of the molecule is COC(=O)C(CCCCN1CCN(c2ccc(F)cc2)CC1)Oc1c(-c2ccc3ccc4c(c3c2)CCC2=C4C=CCC2)cc2ccccc2c1[N+](=O)[O-]. The molecule has 1 heterocycles. The normalized spacial score (nSPS) is 16.3. The Labute approximate surface area is 314 Å². The molecule has 5 aromatic carbocycles. The number of ether oxygens (including phenoxy) is 2. The van der Waals surface area contributed by atoms with Crippen LogP contribution in [0.5, 0.6) is 5.75 Å². The minimum atomic E-state index is -1.03. The average molecular weight is 726 g/mol. The number of esters is 1. The van der Waals surface area contributed by atoms with E-state index in [1.165, 1.54) is 41.5 Å². The number of fused-ring (bicyclic) bond motifs is 5. The maximum absolute atomic E-state index is 13.4. The van der Waals surface area contributed by atoms with Crippen LogP contribution < -0.4 is 9.64 Å². The average Bonchev–Trinajstić information content (AvgIpc) is 3.21. The lowest BCUT2D eigenvalue weighted by atomic mass is 9.79. The molecule has 0 aromatic heterocycles. The Hall–Kier alpha value is -5.54. The largest absolute Gasteiger partial charge is 0.471 e. The smallest absolute Gasteiger partial charge is 0.347 e. The molecule has 276 valence electrons. The number of unbranched alkanes of at least 4 members (excludes halogenated alkanes) is 1. The molecule has 8 nitrogen and oxygen atoms in total. The van der Waals surface area contributed by atoms with Gasteiger partial charge in [0, 0.05) is 37.4 Å². The third-order valence-corrected chi connectivity index (χ3v) is 11.3. The van der Waals surface area contributed by atoms with Crippen LogP contribution in [0.4, 0.5) is 15.8 Å². The topological polar surface area (TPSA) is 85.2 Å². The fourth-order valence-electron chi connectivity index (χ4n) is 8.47. The van der Waals surface area contributed by atoms with Crippen molar-refractivity contribution in [3.63, 3.8) is 0 Å². The minimum Gasteiger partial charge on any atom is -0.471 e. The van der Waals surface area contributed by atoms with Gasteiger partial charge in [-0.15, -0.1) is 0 Å². The summed E-state index contributed by atoms with van der Waals surface area (Å²) in [6.07, 6.45) is 9.48. The number of carbonyl (C=O) groups is 1. The Bertz CT molecular complexity index is 2290. The molecule has 0 bridgehead atoms. The molecule has 8 rings (SSSR count). The first-order valence-electron chi connectivity index (χ1n) is 19.0. The molecule has 1 fully saturated rings. The van der Waals surface area contributed by atoms with Gasteiger partial charge in [0.25, 0.3) is 0 Å². The number of rotatable bonds is 11. The van der Waals surface area contributed by atoms with E-state index in [0.29, 0.717) is 23.8 Å². The number of nitro groups is 1. The van der Waals surface area contributed by atoms with Crippen molar-refractivity contribution in [1.29, 1.82) is 0 Å². The lowest BCUT2D eigenvalue weighted by Crippen LogP contribution is -2.46. The van der Waals surface area contributed by atoms with Gasteiger partial charge in [-0.1, -0.05) is 60.2 Å². The Morgan fingerprint density at radius 2 is 1.67 bits per heavy atom. The zero-order chi connectivity index (χ0) is 37.2. The number of methoxy groups -OCH3 is 1. The van der Waals surface area contributed by atoms with Gasteiger partial charge in [0.15, 0.2) is 6.10 Å². The van der Waals surface area contributed by atoms with E-state index >= 15 is 0 Å². The summed E-state index contributed by atoms with van der Waals surface area (Å²) in [5.74, 6) is -0.720. The number of nitrogens with zero attached hydrogens (tertiary/aromatic N) is 3. The molecule has 0 saturated carbocycles. The molecular weight excluding hydrogens is 682 g/mol. The van der Waals surface area contributed by atoms with Crippen LogP contribution in [0.15, 0.2) is 103 Å². The number of allylic oxidation sites excluding steroid dienone is 4. The van der Waals surface area contributed by atoms with Crippen LogP contribution in [-0.4, -0.2) is 61.7 Å². The lowest BCUT2D eigenvalue weighted by molar-refractivity contribution is -0.384. The predicted octanol–water partition coefficient (Wildman–Crippen LogP) is 9.67. The summed E-state index contributed by atoms with van der Waals surface area (Å²) in [5, 5.41) is 16.3. The van der Waals surface area contributed by atoms with Gasteiger partial charge in [0.1, 0.15) is 5.82 Å². The van der Waals surface area contributed by atoms with Gasteiger partial charge in [-0.05, 0) is 132 Å². The number of aryl methyl sites for hydroxylation is 1. The molecule has 0 amide bonds. The van der Waals surface area contributed by atoms with Crippen molar-refractivity contribution in [3.05, 3.63) is 130 Å². The molecule has 54 heavy (non-hydrogen) atoms. The summed E-state index contributed by atoms with van der Waals surface area (Å²) in [7, 11) is 1.32. The number of anilines is 1. The minimum absolute atomic E-state index is 0.0790. The molecule has 0 N–H and O–H groups in total. The maximum atomic E-state index is 13.4. The van der Waals surface area contributed by atoms with E-state index in [4.69, 9.17) is 9.47 Å². The first kappa shape index (κ1) is 35.5. The highest BCUT2D eigenvalue weighted by atomic mass is 19.1. The first-order valence-corrected chi connectivity index (χ1v) is 19.0. The molecule has 1 atom stereocenters. The van der Waals surface area contributed by atoms with Crippen molar-refractivity contribution >= 4 is 44.5 Å². The maximum Gasteiger partial charge on any atom is 0.347 e. The summed E-state index contributed by atoms with van der Waals surface area (Å²) < 4.78 is 25.1. The zero-order valence-electron chi connectivity index (χ0n) is 30.6. The van der Waals surface area contributed by atoms with E-state index in [2.05, 4.69) is 46.2 Å². The van der Waals surface area contributed by atoms with Gasteiger partial charge in [0.2, 0.25) is 5.75 Å². The zero-order valence-corrected chi connectivity index (χ0v) is 30.6. The van der Waals surface area contributed by atoms with Gasteiger partial charge in [-0.2, -0.15) is 0 Å². The van der Waals surface area contributed by atoms with Gasteiger partial charge >= 0.3 is 11.7 Å². The molecule has 0 radical (unpaired) electrons. The molecule has 2 aliphatic carbocycles. The van der Waals surface area contributed by atoms with Crippen LogP contribution in [0, 0.1) is 15.9 Å². The molecule has 5 aromatic rings. The van der Waals surface area contributed by atoms with Crippen LogP contribution in [0.25, 0.3) is 38.2 Å². The Morgan fingerprint density at radius 1 is 0.870 bits per heavy atom. The van der Waals surface area contributed by atoms with Crippen molar-refractivity contribution < 1.29 is 23.6 Å². The van der Waals surface area contributed by atoms with Crippen LogP contribution in [0.1, 0.15) is 49.7 Å². The third-order valence-electron chi connectivity index (χ3n) is 11.3. The number of hydrogen-bond acceptors (Lipinski definition) is 7. The van der Waals surface area contributed by atoms with E-state index in [9.17, 15) is 19.3 Å². The quantitative estimate of drug-likeness (QED) is 0.0580. The molecule has 9 heteroatoms. The summed E-state index contributed by atoms with van der Waals surface area (Å²) in [6.45, 7) is 4.31. The second-order valence-corrected chi connectivity index (χ2v) is 14.5. The predicted molar refractivity (Wildman–Crippen MR) is 212 cm³/mol. The van der Waals surface area contributed by atoms with Gasteiger partial charge < -0.3 is 14.4 Å². The summed E-state index contributed by atoms with van der Waals surface area (Å²) in [5.41, 5.74) is 7.62. The molecule has 1 unspecified atom stereocenters. The van der Waals surface area contributed by atoms with Gasteiger partial charge in [-0.25, -0.2) is 9.18 Å². The summed E-state index contributed by atoms with van der Waals surface area (Å²) in [6, 6.07) is 26.4. The van der Waals surface area contributed by atoms with E-state index in [0.717, 1.165) is 92.2 Å². The van der Waals surface area contributed by atoms with E-state index in [1.54, 1.807) is 12.1 Å². The van der Waals surface area contributed by atoms with Crippen molar-refractivity contribution in [2.24, 2.45) is 0 Å². The second kappa shape index (κ2) is 15.4. The lowest BCUT2D eigenvalue weighted by Gasteiger charge is -2.36. The molecule has 1 saturated heterocycles. The van der Waals surface area contributed by atoms with Crippen molar-refractivity contribution in [3.8, 4) is 16.9 Å².